The van der Waals surface area contributed by atoms with Crippen LogP contribution in [0.4, 0.5) is 0 Å². The summed E-state index contributed by atoms with van der Waals surface area (Å²) in [6, 6.07) is 10.4. The van der Waals surface area contributed by atoms with E-state index in [2.05, 4.69) is 4.98 Å². The Bertz CT molecular complexity index is 758. The van der Waals surface area contributed by atoms with Crippen LogP contribution < -0.4 is 0 Å². The third kappa shape index (κ3) is 2.89. The van der Waals surface area contributed by atoms with Crippen molar-refractivity contribution in [2.24, 2.45) is 0 Å². The van der Waals surface area contributed by atoms with Gasteiger partial charge in [0.2, 0.25) is 10.0 Å². The van der Waals surface area contributed by atoms with E-state index in [9.17, 15) is 8.42 Å². The lowest BCUT2D eigenvalue weighted by molar-refractivity contribution is 0.396. The molecule has 0 saturated carbocycles. The van der Waals surface area contributed by atoms with Gasteiger partial charge in [0.15, 0.2) is 0 Å². The van der Waals surface area contributed by atoms with Crippen molar-refractivity contribution in [3.8, 4) is 0 Å². The van der Waals surface area contributed by atoms with Gasteiger partial charge in [0.05, 0.1) is 10.9 Å². The summed E-state index contributed by atoms with van der Waals surface area (Å²) in [6.07, 6.45) is 3.31. The Hall–Kier alpha value is -1.43. The van der Waals surface area contributed by atoms with Crippen LogP contribution in [0.15, 0.2) is 47.5 Å². The molecule has 116 valence electrons. The fraction of sp³-hybridized carbons (Fsp3) is 0.312. The zero-order chi connectivity index (χ0) is 15.7. The van der Waals surface area contributed by atoms with E-state index in [1.165, 1.54) is 0 Å². The molecule has 0 N–H and O–H groups in total. The molecule has 3 rings (SSSR count). The predicted molar refractivity (Wildman–Crippen MR) is 86.3 cm³/mol. The van der Waals surface area contributed by atoms with Crippen molar-refractivity contribution in [1.29, 1.82) is 0 Å². The predicted octanol–water partition coefficient (Wildman–Crippen LogP) is 3.57. The molecular formula is C16H17ClN2O2S. The number of hydrogen-bond acceptors (Lipinski definition) is 3. The Labute approximate surface area is 135 Å². The van der Waals surface area contributed by atoms with Crippen molar-refractivity contribution >= 4 is 21.6 Å². The molecule has 0 amide bonds. The smallest absolute Gasteiger partial charge is 0.243 e. The molecule has 0 radical (unpaired) electrons. The average Bonchev–Trinajstić information content (AvgIpc) is 2.99. The van der Waals surface area contributed by atoms with E-state index in [1.54, 1.807) is 28.7 Å². The largest absolute Gasteiger partial charge is 0.244 e. The highest BCUT2D eigenvalue weighted by Crippen LogP contribution is 2.36. The van der Waals surface area contributed by atoms with Crippen LogP contribution in [0.5, 0.6) is 0 Å². The van der Waals surface area contributed by atoms with Crippen molar-refractivity contribution in [2.45, 2.75) is 30.7 Å². The van der Waals surface area contributed by atoms with Crippen molar-refractivity contribution in [3.05, 3.63) is 58.9 Å². The Morgan fingerprint density at radius 2 is 1.91 bits per heavy atom. The van der Waals surface area contributed by atoms with Gasteiger partial charge >= 0.3 is 0 Å². The zero-order valence-electron chi connectivity index (χ0n) is 12.2. The van der Waals surface area contributed by atoms with Gasteiger partial charge in [-0.1, -0.05) is 35.4 Å². The monoisotopic (exact) mass is 336 g/mol. The zero-order valence-corrected chi connectivity index (χ0v) is 13.8. The van der Waals surface area contributed by atoms with Crippen LogP contribution in [-0.4, -0.2) is 24.3 Å². The van der Waals surface area contributed by atoms with Gasteiger partial charge in [0, 0.05) is 12.7 Å². The maximum absolute atomic E-state index is 12.9. The third-order valence-electron chi connectivity index (χ3n) is 3.97. The van der Waals surface area contributed by atoms with Crippen molar-refractivity contribution in [2.75, 3.05) is 6.54 Å². The summed E-state index contributed by atoms with van der Waals surface area (Å²) < 4.78 is 27.3. The van der Waals surface area contributed by atoms with E-state index in [0.717, 1.165) is 24.0 Å². The average molecular weight is 337 g/mol. The van der Waals surface area contributed by atoms with Crippen LogP contribution in [0.1, 0.15) is 30.0 Å². The first-order chi connectivity index (χ1) is 10.5. The first-order valence-electron chi connectivity index (χ1n) is 7.18. The highest BCUT2D eigenvalue weighted by molar-refractivity contribution is 7.89. The number of aryl methyl sites for hydroxylation is 1. The topological polar surface area (TPSA) is 50.3 Å². The molecule has 1 saturated heterocycles. The quantitative estimate of drug-likeness (QED) is 0.805. The van der Waals surface area contributed by atoms with Gasteiger partial charge in [0.25, 0.3) is 0 Å². The van der Waals surface area contributed by atoms with E-state index in [0.29, 0.717) is 16.6 Å². The minimum atomic E-state index is -3.49. The number of halogens is 1. The van der Waals surface area contributed by atoms with E-state index in [1.807, 2.05) is 25.1 Å². The van der Waals surface area contributed by atoms with E-state index in [-0.39, 0.29) is 6.04 Å². The second-order valence-corrected chi connectivity index (χ2v) is 7.78. The molecule has 2 aromatic rings. The lowest BCUT2D eigenvalue weighted by Crippen LogP contribution is -2.30. The first-order valence-corrected chi connectivity index (χ1v) is 9.00. The molecule has 1 aromatic heterocycles. The molecule has 0 unspecified atom stereocenters. The molecule has 1 aromatic carbocycles. The molecule has 0 aliphatic carbocycles. The highest BCUT2D eigenvalue weighted by atomic mass is 35.5. The van der Waals surface area contributed by atoms with Gasteiger partial charge in [-0.25, -0.2) is 13.4 Å². The Morgan fingerprint density at radius 3 is 2.55 bits per heavy atom. The van der Waals surface area contributed by atoms with Crippen LogP contribution in [0.2, 0.25) is 5.15 Å². The molecule has 1 atom stereocenters. The fourth-order valence-corrected chi connectivity index (χ4v) is 4.59. The second kappa shape index (κ2) is 5.99. The number of rotatable bonds is 3. The lowest BCUT2D eigenvalue weighted by Gasteiger charge is -2.24. The summed E-state index contributed by atoms with van der Waals surface area (Å²) in [4.78, 5) is 4.41. The van der Waals surface area contributed by atoms with Gasteiger partial charge in [0.1, 0.15) is 5.15 Å². The molecule has 6 heteroatoms. The Kier molecular flexibility index (Phi) is 4.21. The maximum Gasteiger partial charge on any atom is 0.243 e. The number of sulfonamides is 1. The van der Waals surface area contributed by atoms with Crippen LogP contribution >= 0.6 is 11.6 Å². The number of benzene rings is 1. The minimum absolute atomic E-state index is 0.170. The van der Waals surface area contributed by atoms with Crippen LogP contribution in [0, 0.1) is 6.92 Å². The van der Waals surface area contributed by atoms with E-state index < -0.39 is 10.0 Å². The van der Waals surface area contributed by atoms with Gasteiger partial charge in [-0.15, -0.1) is 0 Å². The maximum atomic E-state index is 12.9. The summed E-state index contributed by atoms with van der Waals surface area (Å²) in [6.45, 7) is 2.47. The lowest BCUT2D eigenvalue weighted by atomic mass is 10.1. The standard InChI is InChI=1S/C16H17ClN2O2S/c1-12-4-7-14(8-5-12)22(20,21)19-10-2-3-15(19)13-6-9-16(17)18-11-13/h4-9,11,15H,2-3,10H2,1H3/t15-/m0/s1. The number of pyridine rings is 1. The van der Waals surface area contributed by atoms with Crippen molar-refractivity contribution in [3.63, 3.8) is 0 Å². The third-order valence-corrected chi connectivity index (χ3v) is 6.11. The summed E-state index contributed by atoms with van der Waals surface area (Å²) in [5.74, 6) is 0. The highest BCUT2D eigenvalue weighted by Gasteiger charge is 2.36. The Balaban J connectivity index is 1.95. The molecule has 1 aliphatic heterocycles. The summed E-state index contributed by atoms with van der Waals surface area (Å²) in [7, 11) is -3.49. The molecule has 4 nitrogen and oxygen atoms in total. The van der Waals surface area contributed by atoms with Gasteiger partial charge in [-0.3, -0.25) is 0 Å². The fourth-order valence-electron chi connectivity index (χ4n) is 2.79. The summed E-state index contributed by atoms with van der Waals surface area (Å²) >= 11 is 5.81. The van der Waals surface area contributed by atoms with Crippen LogP contribution in [0.3, 0.4) is 0 Å². The molecule has 1 aliphatic rings. The molecule has 2 heterocycles. The van der Waals surface area contributed by atoms with Crippen molar-refractivity contribution in [1.82, 2.24) is 9.29 Å². The van der Waals surface area contributed by atoms with E-state index >= 15 is 0 Å². The van der Waals surface area contributed by atoms with Gasteiger partial charge in [-0.2, -0.15) is 4.31 Å². The second-order valence-electron chi connectivity index (χ2n) is 5.50. The van der Waals surface area contributed by atoms with Crippen LogP contribution in [-0.2, 0) is 10.0 Å². The summed E-state index contributed by atoms with van der Waals surface area (Å²) in [5.41, 5.74) is 1.93. The molecule has 0 bridgehead atoms. The molecule has 1 fully saturated rings. The van der Waals surface area contributed by atoms with E-state index in [4.69, 9.17) is 11.6 Å². The number of nitrogens with zero attached hydrogens (tertiary/aromatic N) is 2. The molecule has 0 spiro atoms. The van der Waals surface area contributed by atoms with Gasteiger partial charge < -0.3 is 0 Å². The van der Waals surface area contributed by atoms with Gasteiger partial charge in [-0.05, 0) is 43.5 Å². The Morgan fingerprint density at radius 1 is 1.18 bits per heavy atom. The molecule has 22 heavy (non-hydrogen) atoms. The van der Waals surface area contributed by atoms with Crippen molar-refractivity contribution < 1.29 is 8.42 Å². The first kappa shape index (κ1) is 15.5. The number of aromatic nitrogens is 1. The SMILES string of the molecule is Cc1ccc(S(=O)(=O)N2CCC[C@H]2c2ccc(Cl)nc2)cc1. The summed E-state index contributed by atoms with van der Waals surface area (Å²) in [5, 5.41) is 0.412. The number of hydrogen-bond donors (Lipinski definition) is 0. The molecular weight excluding hydrogens is 320 g/mol. The minimum Gasteiger partial charge on any atom is -0.244 e. The van der Waals surface area contributed by atoms with Crippen LogP contribution in [0.25, 0.3) is 0 Å². The normalized spacial score (nSPS) is 19.5.